The lowest BCUT2D eigenvalue weighted by Crippen LogP contribution is -2.42. The number of rotatable bonds is 10. The summed E-state index contributed by atoms with van der Waals surface area (Å²) >= 11 is 0. The first-order chi connectivity index (χ1) is 10.1. The number of benzene rings is 1. The van der Waals surface area contributed by atoms with Crippen LogP contribution in [-0.4, -0.2) is 29.6 Å². The monoisotopic (exact) mass is 292 g/mol. The van der Waals surface area contributed by atoms with Gasteiger partial charge in [0.2, 0.25) is 5.91 Å². The lowest BCUT2D eigenvalue weighted by Gasteiger charge is -2.14. The lowest BCUT2D eigenvalue weighted by molar-refractivity contribution is -0.141. The van der Waals surface area contributed by atoms with Crippen molar-refractivity contribution in [3.63, 3.8) is 0 Å². The summed E-state index contributed by atoms with van der Waals surface area (Å²) in [6, 6.07) is 8.42. The molecule has 0 aliphatic carbocycles. The molecule has 0 aliphatic rings. The Morgan fingerprint density at radius 1 is 1.10 bits per heavy atom. The second-order valence-corrected chi connectivity index (χ2v) is 5.10. The molecular formula is C16H24N2O3. The van der Waals surface area contributed by atoms with Gasteiger partial charge in [0.05, 0.1) is 0 Å². The van der Waals surface area contributed by atoms with Gasteiger partial charge < -0.3 is 16.2 Å². The fourth-order valence-electron chi connectivity index (χ4n) is 2.10. The molecule has 1 aromatic rings. The molecule has 5 nitrogen and oxygen atoms in total. The maximum absolute atomic E-state index is 11.8. The van der Waals surface area contributed by atoms with Gasteiger partial charge in [0.25, 0.3) is 0 Å². The van der Waals surface area contributed by atoms with E-state index in [1.165, 1.54) is 0 Å². The van der Waals surface area contributed by atoms with Crippen LogP contribution >= 0.6 is 0 Å². The zero-order chi connectivity index (χ0) is 15.5. The zero-order valence-corrected chi connectivity index (χ0v) is 12.3. The molecule has 0 saturated carbocycles. The highest BCUT2D eigenvalue weighted by molar-refractivity contribution is 5.83. The van der Waals surface area contributed by atoms with Crippen molar-refractivity contribution in [2.24, 2.45) is 5.73 Å². The second kappa shape index (κ2) is 9.94. The molecule has 1 rings (SSSR count). The van der Waals surface area contributed by atoms with Crippen molar-refractivity contribution in [3.8, 4) is 0 Å². The molecule has 1 aromatic carbocycles. The molecule has 0 radical (unpaired) electrons. The maximum atomic E-state index is 11.8. The van der Waals surface area contributed by atoms with Crippen LogP contribution in [0.15, 0.2) is 30.3 Å². The highest BCUT2D eigenvalue weighted by Crippen LogP contribution is 2.06. The van der Waals surface area contributed by atoms with Crippen LogP contribution in [-0.2, 0) is 16.0 Å². The van der Waals surface area contributed by atoms with E-state index in [0.717, 1.165) is 31.2 Å². The van der Waals surface area contributed by atoms with E-state index in [0.29, 0.717) is 19.4 Å². The van der Waals surface area contributed by atoms with Crippen molar-refractivity contribution in [1.29, 1.82) is 0 Å². The van der Waals surface area contributed by atoms with Crippen molar-refractivity contribution in [2.75, 3.05) is 6.54 Å². The third-order valence-electron chi connectivity index (χ3n) is 3.27. The molecule has 0 unspecified atom stereocenters. The average Bonchev–Trinajstić information content (AvgIpc) is 2.47. The van der Waals surface area contributed by atoms with Crippen LogP contribution < -0.4 is 11.1 Å². The Labute approximate surface area is 125 Å². The Kier molecular flexibility index (Phi) is 8.12. The van der Waals surface area contributed by atoms with Crippen LogP contribution in [0.5, 0.6) is 0 Å². The van der Waals surface area contributed by atoms with Crippen molar-refractivity contribution in [2.45, 2.75) is 44.6 Å². The number of nitrogens with two attached hydrogens (primary N) is 1. The third-order valence-corrected chi connectivity index (χ3v) is 3.27. The van der Waals surface area contributed by atoms with Gasteiger partial charge in [-0.1, -0.05) is 43.2 Å². The van der Waals surface area contributed by atoms with E-state index in [9.17, 15) is 14.7 Å². The van der Waals surface area contributed by atoms with Crippen molar-refractivity contribution >= 4 is 11.9 Å². The second-order valence-electron chi connectivity index (χ2n) is 5.10. The zero-order valence-electron chi connectivity index (χ0n) is 12.3. The fourth-order valence-corrected chi connectivity index (χ4v) is 2.10. The Morgan fingerprint density at radius 2 is 1.76 bits per heavy atom. The average molecular weight is 292 g/mol. The number of hydrogen-bond donors (Lipinski definition) is 3. The molecule has 4 N–H and O–H groups in total. The van der Waals surface area contributed by atoms with E-state index in [2.05, 4.69) is 5.32 Å². The first-order valence-corrected chi connectivity index (χ1v) is 7.39. The van der Waals surface area contributed by atoms with Gasteiger partial charge in [0.15, 0.2) is 0 Å². The minimum absolute atomic E-state index is 0.203. The van der Waals surface area contributed by atoms with Gasteiger partial charge in [0, 0.05) is 12.8 Å². The van der Waals surface area contributed by atoms with E-state index >= 15 is 0 Å². The number of amides is 1. The van der Waals surface area contributed by atoms with E-state index in [1.807, 2.05) is 30.3 Å². The molecule has 0 saturated heterocycles. The molecular weight excluding hydrogens is 268 g/mol. The highest BCUT2D eigenvalue weighted by atomic mass is 16.4. The summed E-state index contributed by atoms with van der Waals surface area (Å²) in [6.07, 6.45) is 4.35. The molecule has 116 valence electrons. The smallest absolute Gasteiger partial charge is 0.326 e. The first-order valence-electron chi connectivity index (χ1n) is 7.39. The summed E-state index contributed by atoms with van der Waals surface area (Å²) in [5, 5.41) is 11.8. The summed E-state index contributed by atoms with van der Waals surface area (Å²) in [4.78, 5) is 23.0. The third kappa shape index (κ3) is 7.46. The summed E-state index contributed by atoms with van der Waals surface area (Å²) in [7, 11) is 0. The van der Waals surface area contributed by atoms with Crippen molar-refractivity contribution < 1.29 is 14.7 Å². The van der Waals surface area contributed by atoms with Gasteiger partial charge in [-0.3, -0.25) is 4.79 Å². The van der Waals surface area contributed by atoms with Crippen LogP contribution in [0.4, 0.5) is 0 Å². The van der Waals surface area contributed by atoms with Gasteiger partial charge in [-0.05, 0) is 24.9 Å². The molecule has 0 aliphatic heterocycles. The Morgan fingerprint density at radius 3 is 2.38 bits per heavy atom. The predicted octanol–water partition coefficient (Wildman–Crippen LogP) is 1.71. The van der Waals surface area contributed by atoms with Crippen LogP contribution in [0.3, 0.4) is 0 Å². The summed E-state index contributed by atoms with van der Waals surface area (Å²) in [6.45, 7) is 0.671. The summed E-state index contributed by atoms with van der Waals surface area (Å²) in [5.74, 6) is -1.21. The van der Waals surface area contributed by atoms with Gasteiger partial charge in [-0.15, -0.1) is 0 Å². The quantitative estimate of drug-likeness (QED) is 0.572. The van der Waals surface area contributed by atoms with Crippen LogP contribution in [0.2, 0.25) is 0 Å². The van der Waals surface area contributed by atoms with E-state index in [4.69, 9.17) is 5.73 Å². The number of hydrogen-bond acceptors (Lipinski definition) is 3. The van der Waals surface area contributed by atoms with Gasteiger partial charge in [0.1, 0.15) is 6.04 Å². The van der Waals surface area contributed by atoms with Crippen molar-refractivity contribution in [3.05, 3.63) is 35.9 Å². The molecule has 1 atom stereocenters. The molecule has 0 spiro atoms. The van der Waals surface area contributed by atoms with E-state index < -0.39 is 12.0 Å². The normalized spacial score (nSPS) is 11.9. The largest absolute Gasteiger partial charge is 0.480 e. The van der Waals surface area contributed by atoms with Gasteiger partial charge in [-0.25, -0.2) is 4.79 Å². The molecule has 1 amide bonds. The number of carboxylic acids is 1. The first kappa shape index (κ1) is 17.2. The number of nitrogens with one attached hydrogen (secondary N) is 1. The molecule has 21 heavy (non-hydrogen) atoms. The Bertz CT molecular complexity index is 434. The van der Waals surface area contributed by atoms with Crippen molar-refractivity contribution in [1.82, 2.24) is 5.32 Å². The highest BCUT2D eigenvalue weighted by Gasteiger charge is 2.19. The number of carbonyl (C=O) groups excluding carboxylic acids is 1. The van der Waals surface area contributed by atoms with Crippen LogP contribution in [0.25, 0.3) is 0 Å². The minimum Gasteiger partial charge on any atom is -0.480 e. The Hall–Kier alpha value is -1.88. The lowest BCUT2D eigenvalue weighted by atomic mass is 10.1. The standard InChI is InChI=1S/C16H24N2O3/c17-11-7-2-1-6-10-15(19)18-14(16(20)21)12-13-8-4-3-5-9-13/h3-5,8-9,14H,1-2,6-7,10-12,17H2,(H,18,19)(H,20,21)/t14-/m0/s1. The van der Waals surface area contributed by atoms with Crippen LogP contribution in [0.1, 0.15) is 37.7 Å². The minimum atomic E-state index is -1.00. The van der Waals surface area contributed by atoms with Crippen LogP contribution in [0, 0.1) is 0 Å². The SMILES string of the molecule is NCCCCCCC(=O)N[C@@H](Cc1ccccc1)C(=O)O. The summed E-state index contributed by atoms with van der Waals surface area (Å²) in [5.41, 5.74) is 6.29. The number of carbonyl (C=O) groups is 2. The Balaban J connectivity index is 2.36. The van der Waals surface area contributed by atoms with Gasteiger partial charge >= 0.3 is 5.97 Å². The van der Waals surface area contributed by atoms with E-state index in [1.54, 1.807) is 0 Å². The van der Waals surface area contributed by atoms with Gasteiger partial charge in [-0.2, -0.15) is 0 Å². The molecule has 0 heterocycles. The predicted molar refractivity (Wildman–Crippen MR) is 81.9 cm³/mol. The maximum Gasteiger partial charge on any atom is 0.326 e. The number of carboxylic acid groups (broad SMARTS) is 1. The molecule has 0 aromatic heterocycles. The topological polar surface area (TPSA) is 92.4 Å². The number of aliphatic carboxylic acids is 1. The fraction of sp³-hybridized carbons (Fsp3) is 0.500. The molecule has 5 heteroatoms. The molecule has 0 bridgehead atoms. The number of unbranched alkanes of at least 4 members (excludes halogenated alkanes) is 3. The summed E-state index contributed by atoms with van der Waals surface area (Å²) < 4.78 is 0. The molecule has 0 fully saturated rings. The van der Waals surface area contributed by atoms with E-state index in [-0.39, 0.29) is 5.91 Å².